The van der Waals surface area contributed by atoms with Crippen molar-refractivity contribution in [2.75, 3.05) is 6.26 Å². The SMILES string of the molecule is CC[C@H](OS(C)(=O)=O)[C@@H](C)[C@](C)(C=O)OCc1ccccc1. The number of carbonyl (C=O) groups is 1. The second-order valence-corrected chi connectivity index (χ2v) is 7.21. The molecule has 0 amide bonds. The van der Waals surface area contributed by atoms with Crippen LogP contribution in [0.4, 0.5) is 0 Å². The van der Waals surface area contributed by atoms with Gasteiger partial charge in [0.25, 0.3) is 10.1 Å². The van der Waals surface area contributed by atoms with Gasteiger partial charge in [0.2, 0.25) is 0 Å². The summed E-state index contributed by atoms with van der Waals surface area (Å²) in [4.78, 5) is 11.5. The van der Waals surface area contributed by atoms with Crippen LogP contribution in [-0.2, 0) is 30.4 Å². The molecule has 124 valence electrons. The van der Waals surface area contributed by atoms with E-state index in [2.05, 4.69) is 0 Å². The van der Waals surface area contributed by atoms with E-state index in [0.29, 0.717) is 6.42 Å². The van der Waals surface area contributed by atoms with Crippen molar-refractivity contribution in [3.8, 4) is 0 Å². The van der Waals surface area contributed by atoms with Gasteiger partial charge >= 0.3 is 0 Å². The van der Waals surface area contributed by atoms with Crippen LogP contribution in [0, 0.1) is 5.92 Å². The van der Waals surface area contributed by atoms with Crippen molar-refractivity contribution in [2.24, 2.45) is 5.92 Å². The summed E-state index contributed by atoms with van der Waals surface area (Å²) >= 11 is 0. The maximum atomic E-state index is 11.5. The molecule has 0 aliphatic carbocycles. The molecular formula is C16H24O5S. The average molecular weight is 328 g/mol. The lowest BCUT2D eigenvalue weighted by atomic mass is 9.86. The van der Waals surface area contributed by atoms with Gasteiger partial charge in [0.05, 0.1) is 19.0 Å². The molecule has 6 heteroatoms. The van der Waals surface area contributed by atoms with E-state index in [9.17, 15) is 13.2 Å². The predicted molar refractivity (Wildman–Crippen MR) is 84.9 cm³/mol. The minimum Gasteiger partial charge on any atom is -0.363 e. The normalized spacial score (nSPS) is 17.5. The molecule has 0 radical (unpaired) electrons. The number of aldehydes is 1. The molecule has 5 nitrogen and oxygen atoms in total. The first kappa shape index (κ1) is 18.8. The van der Waals surface area contributed by atoms with E-state index < -0.39 is 27.7 Å². The second-order valence-electron chi connectivity index (χ2n) is 5.61. The molecule has 0 unspecified atom stereocenters. The fourth-order valence-corrected chi connectivity index (χ4v) is 2.94. The van der Waals surface area contributed by atoms with E-state index >= 15 is 0 Å². The molecule has 0 spiro atoms. The molecular weight excluding hydrogens is 304 g/mol. The van der Waals surface area contributed by atoms with Crippen LogP contribution in [-0.4, -0.2) is 32.7 Å². The van der Waals surface area contributed by atoms with Crippen molar-refractivity contribution in [1.29, 1.82) is 0 Å². The van der Waals surface area contributed by atoms with Gasteiger partial charge in [-0.05, 0) is 18.9 Å². The quantitative estimate of drug-likeness (QED) is 0.515. The lowest BCUT2D eigenvalue weighted by molar-refractivity contribution is -0.144. The molecule has 0 aromatic heterocycles. The Morgan fingerprint density at radius 2 is 1.86 bits per heavy atom. The number of hydrogen-bond donors (Lipinski definition) is 0. The van der Waals surface area contributed by atoms with Gasteiger partial charge < -0.3 is 9.53 Å². The number of carbonyl (C=O) groups excluding carboxylic acids is 1. The number of hydrogen-bond acceptors (Lipinski definition) is 5. The lowest BCUT2D eigenvalue weighted by Gasteiger charge is -2.34. The van der Waals surface area contributed by atoms with Gasteiger partial charge in [-0.15, -0.1) is 0 Å². The number of benzene rings is 1. The minimum atomic E-state index is -3.59. The first-order valence-electron chi connectivity index (χ1n) is 7.24. The Bertz CT molecular complexity index is 569. The first-order chi connectivity index (χ1) is 10.2. The van der Waals surface area contributed by atoms with Crippen LogP contribution in [0.5, 0.6) is 0 Å². The van der Waals surface area contributed by atoms with Crippen molar-refractivity contribution in [3.05, 3.63) is 35.9 Å². The predicted octanol–water partition coefficient (Wildman–Crippen LogP) is 2.55. The Hall–Kier alpha value is -1.24. The Kier molecular flexibility index (Phi) is 6.71. The van der Waals surface area contributed by atoms with Crippen LogP contribution < -0.4 is 0 Å². The molecule has 3 atom stereocenters. The molecule has 1 aromatic carbocycles. The summed E-state index contributed by atoms with van der Waals surface area (Å²) in [5.41, 5.74) is -0.179. The molecule has 0 fully saturated rings. The summed E-state index contributed by atoms with van der Waals surface area (Å²) in [6, 6.07) is 9.49. The molecule has 0 heterocycles. The van der Waals surface area contributed by atoms with Gasteiger partial charge in [-0.3, -0.25) is 4.18 Å². The van der Waals surface area contributed by atoms with E-state index in [4.69, 9.17) is 8.92 Å². The van der Waals surface area contributed by atoms with Gasteiger partial charge in [-0.25, -0.2) is 0 Å². The van der Waals surface area contributed by atoms with Crippen molar-refractivity contribution in [2.45, 2.75) is 45.5 Å². The zero-order valence-electron chi connectivity index (χ0n) is 13.5. The van der Waals surface area contributed by atoms with Crippen LogP contribution >= 0.6 is 0 Å². The van der Waals surface area contributed by atoms with E-state index in [-0.39, 0.29) is 6.61 Å². The van der Waals surface area contributed by atoms with Crippen molar-refractivity contribution in [1.82, 2.24) is 0 Å². The topological polar surface area (TPSA) is 69.7 Å². The molecule has 22 heavy (non-hydrogen) atoms. The van der Waals surface area contributed by atoms with Crippen LogP contribution in [0.25, 0.3) is 0 Å². The van der Waals surface area contributed by atoms with Gasteiger partial charge in [0.15, 0.2) is 6.29 Å². The van der Waals surface area contributed by atoms with Gasteiger partial charge in [0.1, 0.15) is 5.60 Å². The maximum Gasteiger partial charge on any atom is 0.264 e. The minimum absolute atomic E-state index is 0.274. The highest BCUT2D eigenvalue weighted by molar-refractivity contribution is 7.86. The molecule has 0 aliphatic heterocycles. The zero-order chi connectivity index (χ0) is 16.8. The third kappa shape index (κ3) is 5.51. The number of rotatable bonds is 9. The molecule has 1 rings (SSSR count). The molecule has 1 aromatic rings. The fraction of sp³-hybridized carbons (Fsp3) is 0.562. The Labute approximate surface area is 132 Å². The maximum absolute atomic E-state index is 11.5. The Balaban J connectivity index is 2.83. The molecule has 0 saturated carbocycles. The van der Waals surface area contributed by atoms with Gasteiger partial charge in [-0.2, -0.15) is 8.42 Å². The van der Waals surface area contributed by atoms with E-state index in [0.717, 1.165) is 18.1 Å². The standard InChI is InChI=1S/C16H24O5S/c1-5-15(21-22(4,18)19)13(2)16(3,12-17)20-11-14-9-7-6-8-10-14/h6-10,12-13,15H,5,11H2,1-4H3/t13-,15+,16+/m1/s1. The highest BCUT2D eigenvalue weighted by atomic mass is 32.2. The van der Waals surface area contributed by atoms with Crippen LogP contribution in [0.15, 0.2) is 30.3 Å². The number of ether oxygens (including phenoxy) is 1. The Morgan fingerprint density at radius 1 is 1.27 bits per heavy atom. The fourth-order valence-electron chi connectivity index (χ4n) is 2.18. The summed E-state index contributed by atoms with van der Waals surface area (Å²) in [6.45, 7) is 5.51. The second kappa shape index (κ2) is 7.85. The molecule has 0 bridgehead atoms. The van der Waals surface area contributed by atoms with Crippen LogP contribution in [0.3, 0.4) is 0 Å². The first-order valence-corrected chi connectivity index (χ1v) is 9.06. The highest BCUT2D eigenvalue weighted by Crippen LogP contribution is 2.28. The summed E-state index contributed by atoms with van der Waals surface area (Å²) in [6.07, 6.45) is 1.58. The van der Waals surface area contributed by atoms with Crippen LogP contribution in [0.2, 0.25) is 0 Å². The monoisotopic (exact) mass is 328 g/mol. The van der Waals surface area contributed by atoms with E-state index in [1.807, 2.05) is 37.3 Å². The van der Waals surface area contributed by atoms with Crippen molar-refractivity contribution in [3.63, 3.8) is 0 Å². The Morgan fingerprint density at radius 3 is 2.32 bits per heavy atom. The summed E-state index contributed by atoms with van der Waals surface area (Å²) in [5.74, 6) is -0.409. The van der Waals surface area contributed by atoms with Crippen molar-refractivity contribution >= 4 is 16.4 Å². The molecule has 0 saturated heterocycles. The van der Waals surface area contributed by atoms with E-state index in [1.54, 1.807) is 13.8 Å². The van der Waals surface area contributed by atoms with Crippen LogP contribution in [0.1, 0.15) is 32.8 Å². The lowest BCUT2D eigenvalue weighted by Crippen LogP contribution is -2.45. The van der Waals surface area contributed by atoms with Gasteiger partial charge in [-0.1, -0.05) is 44.2 Å². The third-order valence-corrected chi connectivity index (χ3v) is 4.39. The smallest absolute Gasteiger partial charge is 0.264 e. The molecule has 0 aliphatic rings. The average Bonchev–Trinajstić information content (AvgIpc) is 2.49. The van der Waals surface area contributed by atoms with E-state index in [1.165, 1.54) is 0 Å². The van der Waals surface area contributed by atoms with Crippen molar-refractivity contribution < 1.29 is 22.1 Å². The summed E-state index contributed by atoms with van der Waals surface area (Å²) in [7, 11) is -3.59. The summed E-state index contributed by atoms with van der Waals surface area (Å²) in [5, 5.41) is 0. The molecule has 0 N–H and O–H groups in total. The third-order valence-electron chi connectivity index (χ3n) is 3.79. The highest BCUT2D eigenvalue weighted by Gasteiger charge is 2.38. The zero-order valence-corrected chi connectivity index (χ0v) is 14.3. The largest absolute Gasteiger partial charge is 0.363 e. The van der Waals surface area contributed by atoms with Gasteiger partial charge in [0, 0.05) is 5.92 Å². The summed E-state index contributed by atoms with van der Waals surface area (Å²) < 4.78 is 33.6.